The number of benzene rings is 1. The average molecular weight is 248 g/mol. The SMILES string of the molecule is CC(Cc1ccc(F)cc1)NC(=O)C(C)(C)C#N. The van der Waals surface area contributed by atoms with E-state index in [1.807, 2.05) is 13.0 Å². The zero-order valence-electron chi connectivity index (χ0n) is 10.8. The van der Waals surface area contributed by atoms with Crippen LogP contribution in [0, 0.1) is 22.6 Å². The monoisotopic (exact) mass is 248 g/mol. The van der Waals surface area contributed by atoms with Gasteiger partial charge in [-0.2, -0.15) is 5.26 Å². The Bertz CT molecular complexity index is 460. The molecule has 96 valence electrons. The van der Waals surface area contributed by atoms with Crippen LogP contribution in [0.25, 0.3) is 0 Å². The van der Waals surface area contributed by atoms with E-state index in [2.05, 4.69) is 5.32 Å². The Morgan fingerprint density at radius 3 is 2.50 bits per heavy atom. The molecule has 4 heteroatoms. The summed E-state index contributed by atoms with van der Waals surface area (Å²) in [5, 5.41) is 11.6. The summed E-state index contributed by atoms with van der Waals surface area (Å²) in [6.07, 6.45) is 0.605. The summed E-state index contributed by atoms with van der Waals surface area (Å²) < 4.78 is 12.7. The average Bonchev–Trinajstić information content (AvgIpc) is 2.32. The molecule has 1 unspecified atom stereocenters. The Balaban J connectivity index is 2.57. The fourth-order valence-electron chi connectivity index (χ4n) is 1.48. The van der Waals surface area contributed by atoms with Gasteiger partial charge in [-0.25, -0.2) is 4.39 Å². The molecule has 0 bridgehead atoms. The van der Waals surface area contributed by atoms with Gasteiger partial charge in [0.1, 0.15) is 11.2 Å². The number of rotatable bonds is 4. The van der Waals surface area contributed by atoms with Crippen LogP contribution in [0.2, 0.25) is 0 Å². The third-order valence-corrected chi connectivity index (χ3v) is 2.68. The van der Waals surface area contributed by atoms with Crippen molar-refractivity contribution in [3.8, 4) is 6.07 Å². The van der Waals surface area contributed by atoms with Crippen molar-refractivity contribution in [2.24, 2.45) is 5.41 Å². The highest BCUT2D eigenvalue weighted by molar-refractivity contribution is 5.84. The molecule has 1 aromatic rings. The Hall–Kier alpha value is -1.89. The number of carbonyl (C=O) groups excluding carboxylic acids is 1. The van der Waals surface area contributed by atoms with Gasteiger partial charge in [-0.05, 0) is 44.9 Å². The Morgan fingerprint density at radius 2 is 2.00 bits per heavy atom. The number of nitriles is 1. The molecule has 0 aliphatic heterocycles. The topological polar surface area (TPSA) is 52.9 Å². The van der Waals surface area contributed by atoms with Gasteiger partial charge in [0.25, 0.3) is 0 Å². The van der Waals surface area contributed by atoms with Crippen LogP contribution >= 0.6 is 0 Å². The lowest BCUT2D eigenvalue weighted by Crippen LogP contribution is -2.41. The lowest BCUT2D eigenvalue weighted by molar-refractivity contribution is -0.127. The predicted molar refractivity (Wildman–Crippen MR) is 67.1 cm³/mol. The molecule has 1 amide bonds. The fourth-order valence-corrected chi connectivity index (χ4v) is 1.48. The molecule has 1 aromatic carbocycles. The molecule has 1 rings (SSSR count). The molecular formula is C14H17FN2O. The summed E-state index contributed by atoms with van der Waals surface area (Å²) in [5.41, 5.74) is -0.0872. The highest BCUT2D eigenvalue weighted by atomic mass is 19.1. The lowest BCUT2D eigenvalue weighted by atomic mass is 9.94. The smallest absolute Gasteiger partial charge is 0.240 e. The molecule has 3 nitrogen and oxygen atoms in total. The van der Waals surface area contributed by atoms with Crippen molar-refractivity contribution >= 4 is 5.91 Å². The van der Waals surface area contributed by atoms with Crippen molar-refractivity contribution in [1.82, 2.24) is 5.32 Å². The third kappa shape index (κ3) is 3.85. The number of carbonyl (C=O) groups is 1. The maximum atomic E-state index is 12.7. The van der Waals surface area contributed by atoms with Crippen molar-refractivity contribution in [3.05, 3.63) is 35.6 Å². The number of hydrogen-bond donors (Lipinski definition) is 1. The molecule has 1 N–H and O–H groups in total. The van der Waals surface area contributed by atoms with E-state index in [0.29, 0.717) is 6.42 Å². The third-order valence-electron chi connectivity index (χ3n) is 2.68. The molecule has 0 aliphatic carbocycles. The van der Waals surface area contributed by atoms with E-state index in [0.717, 1.165) is 5.56 Å². The van der Waals surface area contributed by atoms with Gasteiger partial charge in [0.15, 0.2) is 0 Å². The standard InChI is InChI=1S/C14H17FN2O/c1-10(17-13(18)14(2,3)9-16)8-11-4-6-12(15)7-5-11/h4-7,10H,8H2,1-3H3,(H,17,18). The van der Waals surface area contributed by atoms with Crippen molar-refractivity contribution < 1.29 is 9.18 Å². The summed E-state index contributed by atoms with van der Waals surface area (Å²) in [5.74, 6) is -0.569. The highest BCUT2D eigenvalue weighted by Gasteiger charge is 2.27. The number of amides is 1. The molecule has 0 saturated carbocycles. The molecule has 0 aromatic heterocycles. The second-order valence-electron chi connectivity index (χ2n) is 4.94. The molecule has 0 spiro atoms. The predicted octanol–water partition coefficient (Wildman–Crippen LogP) is 2.42. The van der Waals surface area contributed by atoms with Crippen LogP contribution in [-0.4, -0.2) is 11.9 Å². The second kappa shape index (κ2) is 5.63. The summed E-state index contributed by atoms with van der Waals surface area (Å²) in [4.78, 5) is 11.8. The van der Waals surface area contributed by atoms with Gasteiger partial charge in [-0.15, -0.1) is 0 Å². The second-order valence-corrected chi connectivity index (χ2v) is 4.94. The minimum absolute atomic E-state index is 0.101. The molecular weight excluding hydrogens is 231 g/mol. The van der Waals surface area contributed by atoms with Gasteiger partial charge in [0, 0.05) is 6.04 Å². The molecule has 0 fully saturated rings. The Kier molecular flexibility index (Phi) is 4.43. The molecule has 0 radical (unpaired) electrons. The highest BCUT2D eigenvalue weighted by Crippen LogP contribution is 2.14. The van der Waals surface area contributed by atoms with Gasteiger partial charge in [-0.3, -0.25) is 4.79 Å². The van der Waals surface area contributed by atoms with E-state index in [1.54, 1.807) is 26.0 Å². The Labute approximate surface area is 107 Å². The molecule has 0 heterocycles. The minimum Gasteiger partial charge on any atom is -0.352 e. The van der Waals surface area contributed by atoms with E-state index < -0.39 is 5.41 Å². The van der Waals surface area contributed by atoms with Gasteiger partial charge in [0.2, 0.25) is 5.91 Å². The molecule has 0 saturated heterocycles. The maximum absolute atomic E-state index is 12.7. The quantitative estimate of drug-likeness (QED) is 0.889. The van der Waals surface area contributed by atoms with Crippen LogP contribution in [0.5, 0.6) is 0 Å². The molecule has 0 aliphatic rings. The van der Waals surface area contributed by atoms with Crippen LogP contribution in [0.4, 0.5) is 4.39 Å². The largest absolute Gasteiger partial charge is 0.352 e. The van der Waals surface area contributed by atoms with E-state index in [1.165, 1.54) is 12.1 Å². The van der Waals surface area contributed by atoms with Crippen LogP contribution in [0.15, 0.2) is 24.3 Å². The zero-order chi connectivity index (χ0) is 13.8. The summed E-state index contributed by atoms with van der Waals surface area (Å²) in [6, 6.07) is 8.01. The normalized spacial score (nSPS) is 12.6. The Morgan fingerprint density at radius 1 is 1.44 bits per heavy atom. The van der Waals surface area contributed by atoms with Gasteiger partial charge in [-0.1, -0.05) is 12.1 Å². The summed E-state index contributed by atoms with van der Waals surface area (Å²) in [7, 11) is 0. The first kappa shape index (κ1) is 14.2. The van der Waals surface area contributed by atoms with Crippen LogP contribution < -0.4 is 5.32 Å². The summed E-state index contributed by atoms with van der Waals surface area (Å²) in [6.45, 7) is 5.01. The van der Waals surface area contributed by atoms with Crippen molar-refractivity contribution in [2.75, 3.05) is 0 Å². The molecule has 1 atom stereocenters. The van der Waals surface area contributed by atoms with E-state index in [-0.39, 0.29) is 17.8 Å². The maximum Gasteiger partial charge on any atom is 0.240 e. The zero-order valence-corrected chi connectivity index (χ0v) is 10.8. The number of hydrogen-bond acceptors (Lipinski definition) is 2. The fraction of sp³-hybridized carbons (Fsp3) is 0.429. The minimum atomic E-state index is -1.03. The number of nitrogens with zero attached hydrogens (tertiary/aromatic N) is 1. The van der Waals surface area contributed by atoms with E-state index in [4.69, 9.17) is 5.26 Å². The van der Waals surface area contributed by atoms with Crippen molar-refractivity contribution in [2.45, 2.75) is 33.2 Å². The van der Waals surface area contributed by atoms with Crippen molar-refractivity contribution in [3.63, 3.8) is 0 Å². The first-order chi connectivity index (χ1) is 8.35. The van der Waals surface area contributed by atoms with E-state index >= 15 is 0 Å². The van der Waals surface area contributed by atoms with Gasteiger partial charge >= 0.3 is 0 Å². The summed E-state index contributed by atoms with van der Waals surface area (Å²) >= 11 is 0. The number of nitrogens with one attached hydrogen (secondary N) is 1. The van der Waals surface area contributed by atoms with Crippen molar-refractivity contribution in [1.29, 1.82) is 5.26 Å². The van der Waals surface area contributed by atoms with Gasteiger partial charge in [0.05, 0.1) is 6.07 Å². The van der Waals surface area contributed by atoms with Crippen LogP contribution in [-0.2, 0) is 11.2 Å². The first-order valence-corrected chi connectivity index (χ1v) is 5.82. The lowest BCUT2D eigenvalue weighted by Gasteiger charge is -2.20. The van der Waals surface area contributed by atoms with Crippen LogP contribution in [0.3, 0.4) is 0 Å². The van der Waals surface area contributed by atoms with Crippen LogP contribution in [0.1, 0.15) is 26.3 Å². The molecule has 18 heavy (non-hydrogen) atoms. The van der Waals surface area contributed by atoms with Gasteiger partial charge < -0.3 is 5.32 Å². The number of halogens is 1. The van der Waals surface area contributed by atoms with E-state index in [9.17, 15) is 9.18 Å². The first-order valence-electron chi connectivity index (χ1n) is 5.82.